The van der Waals surface area contributed by atoms with E-state index in [4.69, 9.17) is 5.41 Å². The highest BCUT2D eigenvalue weighted by Crippen LogP contribution is 2.19. The van der Waals surface area contributed by atoms with Crippen molar-refractivity contribution >= 4 is 33.5 Å². The second-order valence-corrected chi connectivity index (χ2v) is 3.08. The van der Waals surface area contributed by atoms with Crippen LogP contribution in [0.3, 0.4) is 0 Å². The van der Waals surface area contributed by atoms with Gasteiger partial charge in [0.05, 0.1) is 4.88 Å². The van der Waals surface area contributed by atoms with Gasteiger partial charge in [0.25, 0.3) is 0 Å². The van der Waals surface area contributed by atoms with Gasteiger partial charge in [-0.1, -0.05) is 0 Å². The molecule has 3 heteroatoms. The molecule has 1 aromatic rings. The number of halogens is 1. The molecule has 1 heterocycles. The van der Waals surface area contributed by atoms with Gasteiger partial charge in [0.1, 0.15) is 0 Å². The maximum atomic E-state index is 6.86. The van der Waals surface area contributed by atoms with Gasteiger partial charge in [0.2, 0.25) is 0 Å². The zero-order chi connectivity index (χ0) is 5.98. The van der Waals surface area contributed by atoms with Gasteiger partial charge < -0.3 is 5.41 Å². The van der Waals surface area contributed by atoms with E-state index in [1.54, 1.807) is 11.3 Å². The molecular formula is C5H4BrNS. The highest BCUT2D eigenvalue weighted by molar-refractivity contribution is 9.10. The largest absolute Gasteiger partial charge is 0.307 e. The first kappa shape index (κ1) is 5.98. The Balaban J connectivity index is 3.09. The Bertz CT molecular complexity index is 194. The van der Waals surface area contributed by atoms with Crippen LogP contribution in [0.4, 0.5) is 0 Å². The van der Waals surface area contributed by atoms with Crippen LogP contribution in [0, 0.1) is 5.41 Å². The predicted molar refractivity (Wildman–Crippen MR) is 39.9 cm³/mol. The summed E-state index contributed by atoms with van der Waals surface area (Å²) >= 11 is 4.85. The normalized spacial score (nSPS) is 9.12. The van der Waals surface area contributed by atoms with Crippen LogP contribution in [-0.2, 0) is 0 Å². The fourth-order valence-corrected chi connectivity index (χ4v) is 1.71. The van der Waals surface area contributed by atoms with Gasteiger partial charge in [0.15, 0.2) is 0 Å². The van der Waals surface area contributed by atoms with Gasteiger partial charge in [0, 0.05) is 10.7 Å². The van der Waals surface area contributed by atoms with E-state index >= 15 is 0 Å². The maximum absolute atomic E-state index is 6.86. The molecule has 0 radical (unpaired) electrons. The Hall–Kier alpha value is -0.150. The number of hydrogen-bond acceptors (Lipinski definition) is 2. The molecule has 1 nitrogen and oxygen atoms in total. The average molecular weight is 190 g/mol. The quantitative estimate of drug-likeness (QED) is 0.658. The number of thiophene rings is 1. The molecule has 0 aromatic carbocycles. The molecule has 0 atom stereocenters. The lowest BCUT2D eigenvalue weighted by molar-refractivity contribution is 1.57. The first-order valence-corrected chi connectivity index (χ1v) is 3.75. The summed E-state index contributed by atoms with van der Waals surface area (Å²) in [6, 6.07) is 1.94. The smallest absolute Gasteiger partial charge is 0.0588 e. The number of hydrogen-bond donors (Lipinski definition) is 1. The Morgan fingerprint density at radius 1 is 1.75 bits per heavy atom. The molecule has 0 fully saturated rings. The second kappa shape index (κ2) is 2.42. The molecular weight excluding hydrogens is 186 g/mol. The minimum absolute atomic E-state index is 0.977. The summed E-state index contributed by atoms with van der Waals surface area (Å²) in [5, 5.41) is 8.81. The molecule has 0 bridgehead atoms. The second-order valence-electron chi connectivity index (χ2n) is 1.28. The first-order chi connectivity index (χ1) is 3.84. The molecule has 1 rings (SSSR count). The summed E-state index contributed by atoms with van der Waals surface area (Å²) in [6.07, 6.45) is 1.34. The fourth-order valence-electron chi connectivity index (χ4n) is 0.408. The molecule has 1 N–H and O–H groups in total. The molecule has 0 aliphatic heterocycles. The van der Waals surface area contributed by atoms with Crippen molar-refractivity contribution < 1.29 is 0 Å². The van der Waals surface area contributed by atoms with Gasteiger partial charge in [-0.25, -0.2) is 0 Å². The summed E-state index contributed by atoms with van der Waals surface area (Å²) in [7, 11) is 0. The van der Waals surface area contributed by atoms with E-state index in [0.717, 1.165) is 9.35 Å². The third-order valence-electron chi connectivity index (χ3n) is 0.776. The minimum Gasteiger partial charge on any atom is -0.307 e. The van der Waals surface area contributed by atoms with Crippen LogP contribution in [0.5, 0.6) is 0 Å². The van der Waals surface area contributed by atoms with Gasteiger partial charge in [-0.15, -0.1) is 11.3 Å². The molecule has 42 valence electrons. The molecule has 0 aliphatic carbocycles. The van der Waals surface area contributed by atoms with Crippen LogP contribution in [0.15, 0.2) is 15.9 Å². The fraction of sp³-hybridized carbons (Fsp3) is 0. The molecule has 0 aliphatic rings. The lowest BCUT2D eigenvalue weighted by atomic mass is 10.5. The van der Waals surface area contributed by atoms with Crippen LogP contribution in [0.25, 0.3) is 0 Å². The van der Waals surface area contributed by atoms with Crippen molar-refractivity contribution in [2.24, 2.45) is 0 Å². The van der Waals surface area contributed by atoms with Crippen molar-refractivity contribution in [2.75, 3.05) is 0 Å². The van der Waals surface area contributed by atoms with Crippen molar-refractivity contribution in [3.63, 3.8) is 0 Å². The van der Waals surface area contributed by atoms with Crippen LogP contribution >= 0.6 is 27.3 Å². The van der Waals surface area contributed by atoms with Crippen molar-refractivity contribution in [1.82, 2.24) is 0 Å². The van der Waals surface area contributed by atoms with E-state index in [1.165, 1.54) is 6.21 Å². The highest BCUT2D eigenvalue weighted by Gasteiger charge is 1.93. The topological polar surface area (TPSA) is 23.9 Å². The minimum atomic E-state index is 0.977. The SMILES string of the molecule is N=Cc1sccc1Br. The molecule has 1 aromatic heterocycles. The van der Waals surface area contributed by atoms with Crippen molar-refractivity contribution in [3.05, 3.63) is 20.8 Å². The van der Waals surface area contributed by atoms with E-state index < -0.39 is 0 Å². The standard InChI is InChI=1S/C5H4BrNS/c6-4-1-2-8-5(4)3-7/h1-3,7H. The molecule has 0 spiro atoms. The highest BCUT2D eigenvalue weighted by atomic mass is 79.9. The third-order valence-corrected chi connectivity index (χ3v) is 2.59. The molecule has 0 unspecified atom stereocenters. The Morgan fingerprint density at radius 3 is 2.75 bits per heavy atom. The lowest BCUT2D eigenvalue weighted by Crippen LogP contribution is -1.67. The lowest BCUT2D eigenvalue weighted by Gasteiger charge is -1.79. The van der Waals surface area contributed by atoms with Gasteiger partial charge >= 0.3 is 0 Å². The van der Waals surface area contributed by atoms with Gasteiger partial charge in [-0.2, -0.15) is 0 Å². The van der Waals surface area contributed by atoms with E-state index in [-0.39, 0.29) is 0 Å². The predicted octanol–water partition coefficient (Wildman–Crippen LogP) is 2.51. The summed E-state index contributed by atoms with van der Waals surface area (Å²) in [6.45, 7) is 0. The van der Waals surface area contributed by atoms with Crippen molar-refractivity contribution in [2.45, 2.75) is 0 Å². The van der Waals surface area contributed by atoms with Gasteiger partial charge in [-0.3, -0.25) is 0 Å². The molecule has 0 saturated heterocycles. The van der Waals surface area contributed by atoms with Crippen LogP contribution < -0.4 is 0 Å². The van der Waals surface area contributed by atoms with Crippen LogP contribution in [-0.4, -0.2) is 6.21 Å². The third kappa shape index (κ3) is 0.980. The number of rotatable bonds is 1. The van der Waals surface area contributed by atoms with Crippen molar-refractivity contribution in [3.8, 4) is 0 Å². The summed E-state index contributed by atoms with van der Waals surface area (Å²) < 4.78 is 1.01. The summed E-state index contributed by atoms with van der Waals surface area (Å²) in [5.74, 6) is 0. The number of nitrogens with one attached hydrogen (secondary N) is 1. The molecule has 0 amide bonds. The van der Waals surface area contributed by atoms with Crippen molar-refractivity contribution in [1.29, 1.82) is 5.41 Å². The van der Waals surface area contributed by atoms with Gasteiger partial charge in [-0.05, 0) is 27.4 Å². The average Bonchev–Trinajstić information content (AvgIpc) is 2.14. The monoisotopic (exact) mass is 189 g/mol. The molecule has 0 saturated carbocycles. The van der Waals surface area contributed by atoms with E-state index in [1.807, 2.05) is 11.4 Å². The Labute approximate surface area is 60.0 Å². The first-order valence-electron chi connectivity index (χ1n) is 2.08. The van der Waals surface area contributed by atoms with Crippen LogP contribution in [0.2, 0.25) is 0 Å². The maximum Gasteiger partial charge on any atom is 0.0588 e. The zero-order valence-corrected chi connectivity index (χ0v) is 6.42. The Morgan fingerprint density at radius 2 is 2.50 bits per heavy atom. The Kier molecular flexibility index (Phi) is 1.81. The van der Waals surface area contributed by atoms with Crippen LogP contribution in [0.1, 0.15) is 4.88 Å². The molecule has 8 heavy (non-hydrogen) atoms. The van der Waals surface area contributed by atoms with E-state index in [9.17, 15) is 0 Å². The van der Waals surface area contributed by atoms with E-state index in [0.29, 0.717) is 0 Å². The summed E-state index contributed by atoms with van der Waals surface area (Å²) in [5.41, 5.74) is 0. The van der Waals surface area contributed by atoms with E-state index in [2.05, 4.69) is 15.9 Å². The zero-order valence-electron chi connectivity index (χ0n) is 4.02. The summed E-state index contributed by atoms with van der Waals surface area (Å²) in [4.78, 5) is 0.977.